The Morgan fingerprint density at radius 2 is 1.50 bits per heavy atom. The zero-order chi connectivity index (χ0) is 29.8. The monoisotopic (exact) mass is 593 g/mol. The van der Waals surface area contributed by atoms with Gasteiger partial charge in [-0.1, -0.05) is 12.2 Å². The molecule has 1 aliphatic heterocycles. The Bertz CT molecular complexity index is 1660. The summed E-state index contributed by atoms with van der Waals surface area (Å²) in [6.07, 6.45) is 6.63. The summed E-state index contributed by atoms with van der Waals surface area (Å²) in [6.45, 7) is 5.48. The zero-order valence-corrected chi connectivity index (χ0v) is 24.2. The van der Waals surface area contributed by atoms with Crippen LogP contribution in [0.25, 0.3) is 22.1 Å². The molecule has 8 N–H and O–H groups in total. The molecule has 0 atom stereocenters. The number of thioether (sulfide) groups is 1. The second-order valence-electron chi connectivity index (χ2n) is 9.91. The lowest BCUT2D eigenvalue weighted by Crippen LogP contribution is -2.37. The van der Waals surface area contributed by atoms with Gasteiger partial charge in [0.1, 0.15) is 11.3 Å². The molecule has 0 unspecified atom stereocenters. The number of rotatable bonds is 12. The molecule has 5 rings (SSSR count). The lowest BCUT2D eigenvalue weighted by molar-refractivity contribution is 0.0358. The Morgan fingerprint density at radius 3 is 2.10 bits per heavy atom. The average Bonchev–Trinajstić information content (AvgIpc) is 3.47. The van der Waals surface area contributed by atoms with E-state index >= 15 is 0 Å². The maximum absolute atomic E-state index is 12.0. The minimum atomic E-state index is -0.569. The summed E-state index contributed by atoms with van der Waals surface area (Å²) in [5, 5.41) is 0. The van der Waals surface area contributed by atoms with Crippen LogP contribution in [0.1, 0.15) is 27.1 Å². The number of nitrogens with zero attached hydrogens (tertiary/aromatic N) is 5. The number of hydrogen-bond acceptors (Lipinski definition) is 10. The molecule has 222 valence electrons. The maximum atomic E-state index is 12.0. The highest BCUT2D eigenvalue weighted by atomic mass is 32.2. The molecule has 42 heavy (non-hydrogen) atoms. The molecule has 1 fully saturated rings. The van der Waals surface area contributed by atoms with Crippen molar-refractivity contribution in [1.29, 1.82) is 0 Å². The molecular weight excluding hydrogens is 558 g/mol. The minimum Gasteiger partial charge on any atom is -0.491 e. The van der Waals surface area contributed by atoms with Gasteiger partial charge in [0.15, 0.2) is 0 Å². The number of benzene rings is 2. The fourth-order valence-corrected chi connectivity index (χ4v) is 5.72. The maximum Gasteiger partial charge on any atom is 0.248 e. The van der Waals surface area contributed by atoms with E-state index in [0.29, 0.717) is 59.1 Å². The third-order valence-corrected chi connectivity index (χ3v) is 7.94. The Hall–Kier alpha value is -4.27. The van der Waals surface area contributed by atoms with Crippen LogP contribution in [0, 0.1) is 0 Å². The van der Waals surface area contributed by atoms with Crippen LogP contribution in [0.15, 0.2) is 41.3 Å². The van der Waals surface area contributed by atoms with E-state index in [0.717, 1.165) is 49.7 Å². The van der Waals surface area contributed by atoms with E-state index < -0.39 is 11.8 Å². The van der Waals surface area contributed by atoms with Crippen molar-refractivity contribution < 1.29 is 19.1 Å². The number of anilines is 2. The Kier molecular flexibility index (Phi) is 8.85. The third kappa shape index (κ3) is 6.15. The van der Waals surface area contributed by atoms with E-state index in [1.165, 1.54) is 11.8 Å². The lowest BCUT2D eigenvalue weighted by Gasteiger charge is -2.26. The fraction of sp³-hybridized carbons (Fsp3) is 0.357. The van der Waals surface area contributed by atoms with Crippen LogP contribution in [0.5, 0.6) is 5.75 Å². The van der Waals surface area contributed by atoms with Gasteiger partial charge in [-0.2, -0.15) is 0 Å². The van der Waals surface area contributed by atoms with Gasteiger partial charge in [-0.05, 0) is 36.9 Å². The van der Waals surface area contributed by atoms with Crippen LogP contribution in [0.2, 0.25) is 0 Å². The highest BCUT2D eigenvalue weighted by Crippen LogP contribution is 2.31. The van der Waals surface area contributed by atoms with Gasteiger partial charge < -0.3 is 41.5 Å². The van der Waals surface area contributed by atoms with Crippen molar-refractivity contribution in [1.82, 2.24) is 24.0 Å². The summed E-state index contributed by atoms with van der Waals surface area (Å²) in [5.41, 5.74) is 26.9. The summed E-state index contributed by atoms with van der Waals surface area (Å²) >= 11 is 1.49. The number of aromatic nitrogens is 4. The second kappa shape index (κ2) is 12.7. The molecule has 0 radical (unpaired) electrons. The highest BCUT2D eigenvalue weighted by molar-refractivity contribution is 7.98. The van der Waals surface area contributed by atoms with E-state index in [4.69, 9.17) is 32.4 Å². The van der Waals surface area contributed by atoms with Gasteiger partial charge in [0.2, 0.25) is 23.7 Å². The number of allylic oxidation sites excluding steroid dienone is 2. The quantitative estimate of drug-likeness (QED) is 0.107. The molecule has 4 aromatic rings. The van der Waals surface area contributed by atoms with E-state index in [-0.39, 0.29) is 5.95 Å². The molecule has 2 amide bonds. The number of carbonyl (C=O) groups excluding carboxylic acids is 2. The third-order valence-electron chi connectivity index (χ3n) is 7.18. The van der Waals surface area contributed by atoms with Gasteiger partial charge >= 0.3 is 0 Å². The number of imidazole rings is 2. The molecule has 0 bridgehead atoms. The van der Waals surface area contributed by atoms with Gasteiger partial charge in [-0.25, -0.2) is 9.97 Å². The van der Waals surface area contributed by atoms with Crippen LogP contribution in [-0.4, -0.2) is 81.5 Å². The normalized spacial score (nSPS) is 14.3. The van der Waals surface area contributed by atoms with Gasteiger partial charge in [-0.3, -0.25) is 14.5 Å². The van der Waals surface area contributed by atoms with Crippen LogP contribution in [-0.2, 0) is 17.8 Å². The van der Waals surface area contributed by atoms with Crippen molar-refractivity contribution in [2.75, 3.05) is 57.2 Å². The second-order valence-corrected chi connectivity index (χ2v) is 10.8. The SMILES string of the molecule is CSc1cc(C(N)=O)cc2nc(N)n(C/C=C/Cn3c(N)nc4cc(C(N)=O)cc(OCCCN5CCOCC5)c43)c12. The summed E-state index contributed by atoms with van der Waals surface area (Å²) in [5.74, 6) is 0.0201. The lowest BCUT2D eigenvalue weighted by atomic mass is 10.1. The number of fused-ring (bicyclic) bond motifs is 2. The molecule has 1 aliphatic rings. The van der Waals surface area contributed by atoms with Gasteiger partial charge in [0.25, 0.3) is 0 Å². The number of nitrogen functional groups attached to an aromatic ring is 2. The van der Waals surface area contributed by atoms with Crippen LogP contribution < -0.4 is 27.7 Å². The van der Waals surface area contributed by atoms with Gasteiger partial charge in [-0.15, -0.1) is 11.8 Å². The smallest absolute Gasteiger partial charge is 0.248 e. The van der Waals surface area contributed by atoms with Crippen molar-refractivity contribution >= 4 is 57.5 Å². The first kappa shape index (κ1) is 29.2. The number of amides is 2. The summed E-state index contributed by atoms with van der Waals surface area (Å²) in [7, 11) is 0. The molecule has 2 aromatic heterocycles. The molecule has 13 nitrogen and oxygen atoms in total. The van der Waals surface area contributed by atoms with E-state index in [1.54, 1.807) is 24.3 Å². The standard InChI is InChI=1S/C28H35N9O4S/c1-42-22-16-18(26(30)39)14-20-24(22)37(28(32)34-20)7-3-2-6-36-23-19(33-27(36)31)13-17(25(29)38)15-21(23)41-10-4-5-35-8-11-40-12-9-35/h2-3,13-16H,4-12H2,1H3,(H2,29,38)(H2,30,39)(H2,31,33)(H2,32,34)/b3-2+. The predicted molar refractivity (Wildman–Crippen MR) is 164 cm³/mol. The van der Waals surface area contributed by atoms with Crippen LogP contribution in [0.3, 0.4) is 0 Å². The van der Waals surface area contributed by atoms with Crippen LogP contribution in [0.4, 0.5) is 11.9 Å². The minimum absolute atomic E-state index is 0.283. The molecule has 0 saturated carbocycles. The van der Waals surface area contributed by atoms with Crippen molar-refractivity contribution in [2.45, 2.75) is 24.4 Å². The number of ether oxygens (including phenoxy) is 2. The molecule has 1 saturated heterocycles. The molecule has 14 heteroatoms. The van der Waals surface area contributed by atoms with Gasteiger partial charge in [0.05, 0.1) is 36.4 Å². The zero-order valence-electron chi connectivity index (χ0n) is 23.4. The van der Waals surface area contributed by atoms with Crippen molar-refractivity contribution in [3.8, 4) is 5.75 Å². The van der Waals surface area contributed by atoms with Crippen LogP contribution >= 0.6 is 11.8 Å². The van der Waals surface area contributed by atoms with Crippen molar-refractivity contribution in [3.63, 3.8) is 0 Å². The Balaban J connectivity index is 1.35. The van der Waals surface area contributed by atoms with E-state index in [9.17, 15) is 9.59 Å². The number of morpholine rings is 1. The fourth-order valence-electron chi connectivity index (χ4n) is 5.07. The van der Waals surface area contributed by atoms with Crippen molar-refractivity contribution in [2.24, 2.45) is 11.5 Å². The van der Waals surface area contributed by atoms with Crippen molar-refractivity contribution in [3.05, 3.63) is 47.5 Å². The van der Waals surface area contributed by atoms with E-state index in [1.807, 2.05) is 27.5 Å². The summed E-state index contributed by atoms with van der Waals surface area (Å²) < 4.78 is 15.3. The molecule has 0 spiro atoms. The Morgan fingerprint density at radius 1 is 0.929 bits per heavy atom. The summed E-state index contributed by atoms with van der Waals surface area (Å²) in [4.78, 5) is 35.8. The number of hydrogen-bond donors (Lipinski definition) is 4. The highest BCUT2D eigenvalue weighted by Gasteiger charge is 2.18. The van der Waals surface area contributed by atoms with Gasteiger partial charge in [0, 0.05) is 48.7 Å². The van der Waals surface area contributed by atoms with E-state index in [2.05, 4.69) is 14.9 Å². The summed E-state index contributed by atoms with van der Waals surface area (Å²) in [6, 6.07) is 6.66. The number of carbonyl (C=O) groups is 2. The first-order valence-electron chi connectivity index (χ1n) is 13.6. The predicted octanol–water partition coefficient (Wildman–Crippen LogP) is 1.83. The first-order valence-corrected chi connectivity index (χ1v) is 14.8. The molecule has 3 heterocycles. The topological polar surface area (TPSA) is 196 Å². The number of nitrogens with two attached hydrogens (primary N) is 4. The average molecular weight is 594 g/mol. The molecule has 2 aromatic carbocycles. The molecule has 0 aliphatic carbocycles. The largest absolute Gasteiger partial charge is 0.491 e. The first-order chi connectivity index (χ1) is 20.3. The molecular formula is C28H35N9O4S. The Labute approximate surface area is 246 Å². The number of primary amides is 2.